The first-order chi connectivity index (χ1) is 14.1. The normalized spacial score (nSPS) is 13.7. The fourth-order valence-corrected chi connectivity index (χ4v) is 4.97. The topological polar surface area (TPSA) is 112 Å². The van der Waals surface area contributed by atoms with Crippen molar-refractivity contribution < 1.29 is 13.9 Å². The van der Waals surface area contributed by atoms with Gasteiger partial charge >= 0.3 is 0 Å². The lowest BCUT2D eigenvalue weighted by molar-refractivity contribution is -0.0636. The second-order valence-electron chi connectivity index (χ2n) is 6.28. The number of nitriles is 1. The van der Waals surface area contributed by atoms with E-state index in [0.29, 0.717) is 31.8 Å². The third-order valence-corrected chi connectivity index (χ3v) is 6.62. The van der Waals surface area contributed by atoms with Gasteiger partial charge in [-0.25, -0.2) is 0 Å². The van der Waals surface area contributed by atoms with Crippen molar-refractivity contribution in [3.8, 4) is 6.19 Å². The van der Waals surface area contributed by atoms with Crippen LogP contribution in [0.15, 0.2) is 29.5 Å². The molecular weight excluding hydrogens is 391 g/mol. The predicted octanol–water partition coefficient (Wildman–Crippen LogP) is 3.98. The summed E-state index contributed by atoms with van der Waals surface area (Å²) in [5, 5.41) is 14.5. The maximum absolute atomic E-state index is 13.1. The Bertz CT molecular complexity index is 680. The lowest BCUT2D eigenvalue weighted by Gasteiger charge is -2.28. The highest BCUT2D eigenvalue weighted by molar-refractivity contribution is 7.56. The Hall–Kier alpha value is -1.98. The summed E-state index contributed by atoms with van der Waals surface area (Å²) in [5.74, 6) is 0.412. The number of aromatic nitrogens is 1. The molecule has 1 aromatic heterocycles. The molecule has 0 saturated carbocycles. The van der Waals surface area contributed by atoms with Gasteiger partial charge in [0.05, 0.1) is 13.7 Å². The molecule has 0 aliphatic carbocycles. The third-order valence-electron chi connectivity index (χ3n) is 4.03. The van der Waals surface area contributed by atoms with E-state index in [1.54, 1.807) is 24.5 Å². The Kier molecular flexibility index (Phi) is 12.9. The van der Waals surface area contributed by atoms with Crippen molar-refractivity contribution in [2.24, 2.45) is 4.99 Å². The van der Waals surface area contributed by atoms with Crippen LogP contribution in [-0.4, -0.2) is 48.7 Å². The Labute approximate surface area is 174 Å². The summed E-state index contributed by atoms with van der Waals surface area (Å²) in [6.45, 7) is 5.43. The molecule has 0 aliphatic heterocycles. The molecule has 0 bridgehead atoms. The van der Waals surface area contributed by atoms with Crippen molar-refractivity contribution in [2.75, 3.05) is 38.3 Å². The van der Waals surface area contributed by atoms with Crippen molar-refractivity contribution in [3.05, 3.63) is 24.5 Å². The molecule has 1 rings (SSSR count). The summed E-state index contributed by atoms with van der Waals surface area (Å²) in [5.41, 5.74) is 0.808. The molecule has 1 aromatic rings. The molecule has 0 fully saturated rings. The highest BCUT2D eigenvalue weighted by Crippen LogP contribution is 2.51. The molecule has 0 aromatic carbocycles. The molecule has 0 aliphatic rings. The van der Waals surface area contributed by atoms with Crippen LogP contribution in [0.1, 0.15) is 46.0 Å². The van der Waals surface area contributed by atoms with Crippen LogP contribution in [0.5, 0.6) is 0 Å². The Morgan fingerprint density at radius 3 is 2.62 bits per heavy atom. The summed E-state index contributed by atoms with van der Waals surface area (Å²) in [4.78, 5) is 15.1. The van der Waals surface area contributed by atoms with Crippen LogP contribution < -0.4 is 10.6 Å². The summed E-state index contributed by atoms with van der Waals surface area (Å²) in [6.07, 6.45) is 10.1. The molecule has 162 valence electrons. The average molecular weight is 424 g/mol. The van der Waals surface area contributed by atoms with E-state index in [4.69, 9.17) is 14.6 Å². The molecule has 0 spiro atoms. The number of guanidine groups is 1. The van der Waals surface area contributed by atoms with Crippen molar-refractivity contribution in [1.82, 2.24) is 15.1 Å². The quantitative estimate of drug-likeness (QED) is 0.0877. The maximum atomic E-state index is 13.1. The number of hydroxylamine groups is 1. The molecule has 29 heavy (non-hydrogen) atoms. The smallest absolute Gasteiger partial charge is 0.294 e. The van der Waals surface area contributed by atoms with Gasteiger partial charge in [0, 0.05) is 37.3 Å². The Morgan fingerprint density at radius 1 is 1.28 bits per heavy atom. The van der Waals surface area contributed by atoms with Gasteiger partial charge in [0.25, 0.3) is 7.52 Å². The van der Waals surface area contributed by atoms with Crippen molar-refractivity contribution >= 4 is 19.2 Å². The summed E-state index contributed by atoms with van der Waals surface area (Å²) in [6, 6.07) is 3.60. The van der Waals surface area contributed by atoms with E-state index in [1.807, 2.05) is 20.0 Å². The van der Waals surface area contributed by atoms with Crippen LogP contribution in [0.4, 0.5) is 5.69 Å². The van der Waals surface area contributed by atoms with E-state index in [1.165, 1.54) is 11.9 Å². The number of nitrogens with zero attached hydrogens (tertiary/aromatic N) is 4. The largest absolute Gasteiger partial charge is 0.325 e. The lowest BCUT2D eigenvalue weighted by atomic mass is 10.2. The lowest BCUT2D eigenvalue weighted by Crippen LogP contribution is -2.27. The molecule has 10 heteroatoms. The SMILES string of the molecule is CCCN(OC)P(=O)(CCCCCCN=C(NC#N)Nc1ccncc1)OCC. The monoisotopic (exact) mass is 424 g/mol. The van der Waals surface area contributed by atoms with Gasteiger partial charge in [0.15, 0.2) is 6.19 Å². The molecule has 9 nitrogen and oxygen atoms in total. The molecular formula is C19H33N6O3P. The van der Waals surface area contributed by atoms with Crippen molar-refractivity contribution in [2.45, 2.75) is 46.0 Å². The van der Waals surface area contributed by atoms with Gasteiger partial charge in [0.1, 0.15) is 0 Å². The van der Waals surface area contributed by atoms with Gasteiger partial charge in [0.2, 0.25) is 5.96 Å². The number of aliphatic imine (C=N–C) groups is 1. The molecule has 0 amide bonds. The van der Waals surface area contributed by atoms with Crippen LogP contribution in [-0.2, 0) is 13.9 Å². The minimum absolute atomic E-state index is 0.398. The van der Waals surface area contributed by atoms with E-state index < -0.39 is 7.52 Å². The summed E-state index contributed by atoms with van der Waals surface area (Å²) < 4.78 is 18.6. The second kappa shape index (κ2) is 14.9. The number of rotatable bonds is 14. The van der Waals surface area contributed by atoms with Crippen molar-refractivity contribution in [3.63, 3.8) is 0 Å². The van der Waals surface area contributed by atoms with Crippen molar-refractivity contribution in [1.29, 1.82) is 5.26 Å². The average Bonchev–Trinajstić information content (AvgIpc) is 2.72. The van der Waals surface area contributed by atoms with Gasteiger partial charge < -0.3 is 9.84 Å². The second-order valence-corrected chi connectivity index (χ2v) is 8.71. The van der Waals surface area contributed by atoms with E-state index in [0.717, 1.165) is 37.8 Å². The van der Waals surface area contributed by atoms with E-state index in [9.17, 15) is 4.57 Å². The van der Waals surface area contributed by atoms with Crippen LogP contribution in [0.25, 0.3) is 0 Å². The highest BCUT2D eigenvalue weighted by Gasteiger charge is 2.30. The minimum Gasteiger partial charge on any atom is -0.325 e. The number of hydrogen-bond acceptors (Lipinski definition) is 6. The molecule has 0 radical (unpaired) electrons. The van der Waals surface area contributed by atoms with Gasteiger partial charge in [-0.15, -0.1) is 4.83 Å². The number of pyridine rings is 1. The van der Waals surface area contributed by atoms with Gasteiger partial charge in [-0.2, -0.15) is 5.26 Å². The van der Waals surface area contributed by atoms with E-state index in [2.05, 4.69) is 20.6 Å². The fraction of sp³-hybridized carbons (Fsp3) is 0.632. The zero-order valence-electron chi connectivity index (χ0n) is 17.6. The predicted molar refractivity (Wildman–Crippen MR) is 115 cm³/mol. The molecule has 0 saturated heterocycles. The zero-order valence-corrected chi connectivity index (χ0v) is 18.5. The van der Waals surface area contributed by atoms with Gasteiger partial charge in [-0.05, 0) is 38.3 Å². The maximum Gasteiger partial charge on any atom is 0.294 e. The number of nitrogens with one attached hydrogen (secondary N) is 2. The fourth-order valence-electron chi connectivity index (χ4n) is 2.70. The Morgan fingerprint density at radius 2 is 2.00 bits per heavy atom. The summed E-state index contributed by atoms with van der Waals surface area (Å²) >= 11 is 0. The molecule has 2 N–H and O–H groups in total. The summed E-state index contributed by atoms with van der Waals surface area (Å²) in [7, 11) is -1.41. The highest BCUT2D eigenvalue weighted by atomic mass is 31.2. The van der Waals surface area contributed by atoms with Gasteiger partial charge in [-0.1, -0.05) is 19.8 Å². The van der Waals surface area contributed by atoms with E-state index in [-0.39, 0.29) is 0 Å². The van der Waals surface area contributed by atoms with Crippen LogP contribution >= 0.6 is 7.52 Å². The number of unbranched alkanes of at least 4 members (excludes halogenated alkanes) is 3. The first kappa shape index (κ1) is 25.1. The minimum atomic E-state index is -2.94. The Balaban J connectivity index is 2.39. The zero-order chi connectivity index (χ0) is 21.4. The third kappa shape index (κ3) is 9.86. The van der Waals surface area contributed by atoms with Gasteiger partial charge in [-0.3, -0.25) is 24.7 Å². The van der Waals surface area contributed by atoms with Crippen LogP contribution in [0.2, 0.25) is 0 Å². The number of hydrogen-bond donors (Lipinski definition) is 2. The molecule has 1 unspecified atom stereocenters. The number of anilines is 1. The standard InChI is InChI=1S/C19H33N6O3P/c1-4-15-25(27-3)29(26,28-5-2)16-9-7-6-8-12-22-19(23-17-20)24-18-10-13-21-14-11-18/h10-11,13-14H,4-9,12,15-16H2,1-3H3,(H2,21,22,23,24). The molecule has 1 atom stereocenters. The first-order valence-corrected chi connectivity index (χ1v) is 11.8. The van der Waals surface area contributed by atoms with Crippen LogP contribution in [0.3, 0.4) is 0 Å². The molecule has 1 heterocycles. The first-order valence-electron chi connectivity index (χ1n) is 10.0. The van der Waals surface area contributed by atoms with Crippen LogP contribution in [0, 0.1) is 11.5 Å². The van der Waals surface area contributed by atoms with E-state index >= 15 is 0 Å².